The van der Waals surface area contributed by atoms with Gasteiger partial charge in [-0.25, -0.2) is 0 Å². The van der Waals surface area contributed by atoms with E-state index < -0.39 is 0 Å². The van der Waals surface area contributed by atoms with Gasteiger partial charge >= 0.3 is 0 Å². The maximum absolute atomic E-state index is 5.29. The van der Waals surface area contributed by atoms with Crippen LogP contribution in [0.15, 0.2) is 23.4 Å². The summed E-state index contributed by atoms with van der Waals surface area (Å²) < 4.78 is 5.29. The minimum absolute atomic E-state index is 0.0995. The molecule has 0 rings (SSSR count). The minimum atomic E-state index is 0.0995. The summed E-state index contributed by atoms with van der Waals surface area (Å²) in [5.74, 6) is 0. The number of nitrogens with one attached hydrogen (secondary N) is 1. The van der Waals surface area contributed by atoms with Crippen molar-refractivity contribution < 1.29 is 4.74 Å². The monoisotopic (exact) mass is 169 g/mol. The van der Waals surface area contributed by atoms with Crippen molar-refractivity contribution in [2.75, 3.05) is 14.2 Å². The van der Waals surface area contributed by atoms with Crippen molar-refractivity contribution in [3.63, 3.8) is 0 Å². The number of rotatable bonds is 4. The largest absolute Gasteiger partial charge is 0.394 e. The summed E-state index contributed by atoms with van der Waals surface area (Å²) in [7, 11) is 3.61. The number of hydrogen-bond acceptors (Lipinski definition) is 2. The molecule has 0 aliphatic carbocycles. The molecule has 2 nitrogen and oxygen atoms in total. The average Bonchev–Trinajstić information content (AvgIpc) is 2.00. The first-order valence-electron chi connectivity index (χ1n) is 4.13. The van der Waals surface area contributed by atoms with E-state index >= 15 is 0 Å². The Labute approximate surface area is 75.3 Å². The van der Waals surface area contributed by atoms with Crippen LogP contribution < -0.4 is 5.32 Å². The van der Waals surface area contributed by atoms with E-state index in [1.165, 1.54) is 11.1 Å². The van der Waals surface area contributed by atoms with Gasteiger partial charge in [0.15, 0.2) is 0 Å². The van der Waals surface area contributed by atoms with Gasteiger partial charge in [0.1, 0.15) is 0 Å². The molecule has 0 aromatic rings. The highest BCUT2D eigenvalue weighted by Gasteiger charge is 2.04. The van der Waals surface area contributed by atoms with Crippen LogP contribution in [0, 0.1) is 0 Å². The SMILES string of the molecule is CN/C=C(/C)C(C=C(C)C)OC. The zero-order chi connectivity index (χ0) is 9.56. The van der Waals surface area contributed by atoms with Crippen LogP contribution in [0.2, 0.25) is 0 Å². The highest BCUT2D eigenvalue weighted by atomic mass is 16.5. The van der Waals surface area contributed by atoms with E-state index in [2.05, 4.69) is 25.2 Å². The molecule has 1 atom stereocenters. The lowest BCUT2D eigenvalue weighted by atomic mass is 10.1. The van der Waals surface area contributed by atoms with Crippen LogP contribution in [0.3, 0.4) is 0 Å². The molecule has 0 amide bonds. The summed E-state index contributed by atoms with van der Waals surface area (Å²) in [6, 6.07) is 0. The van der Waals surface area contributed by atoms with E-state index in [0.717, 1.165) is 0 Å². The van der Waals surface area contributed by atoms with Gasteiger partial charge in [0.25, 0.3) is 0 Å². The normalized spacial score (nSPS) is 13.9. The zero-order valence-corrected chi connectivity index (χ0v) is 8.64. The lowest BCUT2D eigenvalue weighted by Gasteiger charge is -2.12. The summed E-state index contributed by atoms with van der Waals surface area (Å²) in [6.07, 6.45) is 4.15. The number of hydrogen-bond donors (Lipinski definition) is 1. The van der Waals surface area contributed by atoms with Gasteiger partial charge in [0.05, 0.1) is 6.10 Å². The molecule has 2 heteroatoms. The molecule has 70 valence electrons. The van der Waals surface area contributed by atoms with E-state index in [-0.39, 0.29) is 6.10 Å². The Hall–Kier alpha value is -0.760. The van der Waals surface area contributed by atoms with Crippen molar-refractivity contribution in [2.45, 2.75) is 26.9 Å². The smallest absolute Gasteiger partial charge is 0.0979 e. The molecule has 0 spiro atoms. The van der Waals surface area contributed by atoms with Crippen LogP contribution in [0.1, 0.15) is 20.8 Å². The van der Waals surface area contributed by atoms with Crippen molar-refractivity contribution in [2.24, 2.45) is 0 Å². The maximum atomic E-state index is 5.29. The molecule has 0 fully saturated rings. The van der Waals surface area contributed by atoms with Crippen molar-refractivity contribution in [1.29, 1.82) is 0 Å². The summed E-state index contributed by atoms with van der Waals surface area (Å²) >= 11 is 0. The average molecular weight is 169 g/mol. The fraction of sp³-hybridized carbons (Fsp3) is 0.600. The van der Waals surface area contributed by atoms with Crippen molar-refractivity contribution in [3.05, 3.63) is 23.4 Å². The fourth-order valence-electron chi connectivity index (χ4n) is 0.998. The lowest BCUT2D eigenvalue weighted by Crippen LogP contribution is -2.11. The van der Waals surface area contributed by atoms with Gasteiger partial charge in [-0.3, -0.25) is 0 Å². The topological polar surface area (TPSA) is 21.3 Å². The molecule has 12 heavy (non-hydrogen) atoms. The quantitative estimate of drug-likeness (QED) is 0.651. The second-order valence-corrected chi connectivity index (χ2v) is 3.08. The van der Waals surface area contributed by atoms with Gasteiger partial charge in [0.2, 0.25) is 0 Å². The minimum Gasteiger partial charge on any atom is -0.394 e. The van der Waals surface area contributed by atoms with Gasteiger partial charge in [-0.05, 0) is 32.5 Å². The molecule has 1 unspecified atom stereocenters. The molecule has 0 aromatic carbocycles. The van der Waals surface area contributed by atoms with E-state index in [1.807, 2.05) is 20.2 Å². The Kier molecular flexibility index (Phi) is 5.47. The lowest BCUT2D eigenvalue weighted by molar-refractivity contribution is 0.167. The molecule has 0 aliphatic rings. The number of ether oxygens (including phenoxy) is 1. The molecule has 0 heterocycles. The predicted octanol–water partition coefficient (Wildman–Crippen LogP) is 2.09. The second kappa shape index (κ2) is 5.84. The first-order chi connectivity index (χ1) is 5.61. The number of methoxy groups -OCH3 is 1. The molecule has 1 N–H and O–H groups in total. The van der Waals surface area contributed by atoms with E-state index in [1.54, 1.807) is 7.11 Å². The summed E-state index contributed by atoms with van der Waals surface area (Å²) in [4.78, 5) is 0. The molecular weight excluding hydrogens is 150 g/mol. The molecule has 0 bridgehead atoms. The molecule has 0 saturated carbocycles. The molecule has 0 radical (unpaired) electrons. The van der Waals surface area contributed by atoms with E-state index in [9.17, 15) is 0 Å². The van der Waals surface area contributed by atoms with E-state index in [4.69, 9.17) is 4.74 Å². The van der Waals surface area contributed by atoms with Gasteiger partial charge in [-0.1, -0.05) is 11.6 Å². The van der Waals surface area contributed by atoms with Crippen LogP contribution in [-0.2, 0) is 4.74 Å². The van der Waals surface area contributed by atoms with Crippen LogP contribution in [0.5, 0.6) is 0 Å². The summed E-state index contributed by atoms with van der Waals surface area (Å²) in [6.45, 7) is 6.18. The molecular formula is C10H19NO. The Balaban J connectivity index is 4.35. The third-order valence-corrected chi connectivity index (χ3v) is 1.56. The third kappa shape index (κ3) is 4.19. The van der Waals surface area contributed by atoms with Crippen molar-refractivity contribution in [1.82, 2.24) is 5.32 Å². The molecule has 0 aliphatic heterocycles. The van der Waals surface area contributed by atoms with Crippen molar-refractivity contribution in [3.8, 4) is 0 Å². The standard InChI is InChI=1S/C10H19NO/c1-8(2)6-10(12-5)9(3)7-11-4/h6-7,10-11H,1-5H3/b9-7-. The van der Waals surface area contributed by atoms with Crippen LogP contribution in [0.4, 0.5) is 0 Å². The Morgan fingerprint density at radius 3 is 2.25 bits per heavy atom. The molecule has 0 aromatic heterocycles. The summed E-state index contributed by atoms with van der Waals surface area (Å²) in [5, 5.41) is 2.98. The maximum Gasteiger partial charge on any atom is 0.0979 e. The van der Waals surface area contributed by atoms with Gasteiger partial charge < -0.3 is 10.1 Å². The Morgan fingerprint density at radius 2 is 1.92 bits per heavy atom. The second-order valence-electron chi connectivity index (χ2n) is 3.08. The zero-order valence-electron chi connectivity index (χ0n) is 8.64. The Bertz CT molecular complexity index is 178. The fourth-order valence-corrected chi connectivity index (χ4v) is 0.998. The molecule has 0 saturated heterocycles. The van der Waals surface area contributed by atoms with Crippen molar-refractivity contribution >= 4 is 0 Å². The van der Waals surface area contributed by atoms with Gasteiger partial charge in [0, 0.05) is 14.2 Å². The first kappa shape index (κ1) is 11.2. The summed E-state index contributed by atoms with van der Waals surface area (Å²) in [5.41, 5.74) is 2.45. The van der Waals surface area contributed by atoms with Gasteiger partial charge in [-0.15, -0.1) is 0 Å². The van der Waals surface area contributed by atoms with Gasteiger partial charge in [-0.2, -0.15) is 0 Å². The number of allylic oxidation sites excluding steroid dienone is 1. The first-order valence-corrected chi connectivity index (χ1v) is 4.13. The van der Waals surface area contributed by atoms with Crippen LogP contribution in [0.25, 0.3) is 0 Å². The van der Waals surface area contributed by atoms with E-state index in [0.29, 0.717) is 0 Å². The highest BCUT2D eigenvalue weighted by molar-refractivity contribution is 5.15. The van der Waals surface area contributed by atoms with Crippen LogP contribution >= 0.6 is 0 Å². The van der Waals surface area contributed by atoms with Crippen LogP contribution in [-0.4, -0.2) is 20.3 Å². The third-order valence-electron chi connectivity index (χ3n) is 1.56. The predicted molar refractivity (Wildman–Crippen MR) is 53.0 cm³/mol. The Morgan fingerprint density at radius 1 is 1.33 bits per heavy atom. The highest BCUT2D eigenvalue weighted by Crippen LogP contribution is 2.08.